The van der Waals surface area contributed by atoms with Crippen molar-refractivity contribution in [2.45, 2.75) is 20.4 Å². The van der Waals surface area contributed by atoms with Crippen molar-refractivity contribution in [1.82, 2.24) is 4.57 Å². The molecule has 2 rings (SSSR count). The molecule has 100 valence electrons. The fraction of sp³-hybridized carbons (Fsp3) is 0.267. The Kier molecular flexibility index (Phi) is 3.71. The average Bonchev–Trinajstić information content (AvgIpc) is 2.68. The summed E-state index contributed by atoms with van der Waals surface area (Å²) in [4.78, 5) is 11.2. The van der Waals surface area contributed by atoms with Gasteiger partial charge in [-0.25, -0.2) is 4.79 Å². The fourth-order valence-corrected chi connectivity index (χ4v) is 2.36. The molecule has 0 radical (unpaired) electrons. The van der Waals surface area contributed by atoms with Gasteiger partial charge in [0.25, 0.3) is 0 Å². The number of benzene rings is 1. The highest BCUT2D eigenvalue weighted by Gasteiger charge is 2.18. The normalized spacial score (nSPS) is 10.7. The third kappa shape index (κ3) is 2.39. The van der Waals surface area contributed by atoms with Gasteiger partial charge in [-0.05, 0) is 25.0 Å². The third-order valence-corrected chi connectivity index (χ3v) is 3.30. The molecule has 0 unspecified atom stereocenters. The van der Waals surface area contributed by atoms with Gasteiger partial charge in [0.1, 0.15) is 0 Å². The predicted octanol–water partition coefficient (Wildman–Crippen LogP) is 2.46. The Bertz CT molecular complexity index is 614. The number of carboxylic acids is 1. The first kappa shape index (κ1) is 13.4. The van der Waals surface area contributed by atoms with Crippen LogP contribution in [0.1, 0.15) is 21.5 Å². The fourth-order valence-electron chi connectivity index (χ4n) is 2.36. The number of nitrogens with zero attached hydrogens (tertiary/aromatic N) is 1. The van der Waals surface area contributed by atoms with Crippen molar-refractivity contribution < 1.29 is 15.0 Å². The second kappa shape index (κ2) is 5.28. The number of carboxylic acid groups (broad SMARTS) is 1. The number of aliphatic hydroxyl groups excluding tert-OH is 1. The van der Waals surface area contributed by atoms with Crippen molar-refractivity contribution in [3.05, 3.63) is 47.2 Å². The van der Waals surface area contributed by atoms with Crippen LogP contribution in [0.25, 0.3) is 11.3 Å². The van der Waals surface area contributed by atoms with Gasteiger partial charge in [-0.2, -0.15) is 0 Å². The van der Waals surface area contributed by atoms with Crippen LogP contribution in [0.15, 0.2) is 30.5 Å². The zero-order valence-corrected chi connectivity index (χ0v) is 11.1. The maximum atomic E-state index is 11.2. The van der Waals surface area contributed by atoms with Gasteiger partial charge < -0.3 is 14.8 Å². The Balaban J connectivity index is 2.67. The van der Waals surface area contributed by atoms with E-state index in [1.54, 1.807) is 17.7 Å². The molecule has 1 aromatic carbocycles. The van der Waals surface area contributed by atoms with Crippen molar-refractivity contribution in [2.75, 3.05) is 6.61 Å². The lowest BCUT2D eigenvalue weighted by Crippen LogP contribution is -2.03. The van der Waals surface area contributed by atoms with Gasteiger partial charge >= 0.3 is 5.97 Å². The van der Waals surface area contributed by atoms with Crippen LogP contribution in [0.5, 0.6) is 0 Å². The number of aliphatic hydroxyl groups is 1. The number of rotatable bonds is 4. The molecule has 1 heterocycles. The van der Waals surface area contributed by atoms with Crippen LogP contribution in [0.4, 0.5) is 0 Å². The van der Waals surface area contributed by atoms with Crippen LogP contribution >= 0.6 is 0 Å². The van der Waals surface area contributed by atoms with Gasteiger partial charge in [0.05, 0.1) is 17.9 Å². The molecule has 2 aromatic rings. The summed E-state index contributed by atoms with van der Waals surface area (Å²) in [7, 11) is 0. The van der Waals surface area contributed by atoms with Crippen molar-refractivity contribution in [3.63, 3.8) is 0 Å². The van der Waals surface area contributed by atoms with Gasteiger partial charge in [-0.1, -0.05) is 24.3 Å². The Labute approximate surface area is 111 Å². The Morgan fingerprint density at radius 2 is 1.95 bits per heavy atom. The first-order chi connectivity index (χ1) is 9.06. The number of aromatic nitrogens is 1. The molecule has 4 nitrogen and oxygen atoms in total. The molecular weight excluding hydrogens is 242 g/mol. The molecule has 1 aromatic heterocycles. The molecule has 0 aliphatic heterocycles. The van der Waals surface area contributed by atoms with E-state index in [1.165, 1.54) is 0 Å². The van der Waals surface area contributed by atoms with E-state index in [-0.39, 0.29) is 12.2 Å². The van der Waals surface area contributed by atoms with E-state index in [4.69, 9.17) is 5.11 Å². The first-order valence-electron chi connectivity index (χ1n) is 6.16. The maximum Gasteiger partial charge on any atom is 0.337 e. The van der Waals surface area contributed by atoms with E-state index in [2.05, 4.69) is 0 Å². The van der Waals surface area contributed by atoms with Gasteiger partial charge in [0.2, 0.25) is 0 Å². The Morgan fingerprint density at radius 1 is 1.26 bits per heavy atom. The van der Waals surface area contributed by atoms with E-state index in [9.17, 15) is 9.90 Å². The number of carbonyl (C=O) groups is 1. The van der Waals surface area contributed by atoms with Crippen LogP contribution in [-0.4, -0.2) is 27.4 Å². The largest absolute Gasteiger partial charge is 0.478 e. The van der Waals surface area contributed by atoms with E-state index in [1.807, 2.05) is 31.2 Å². The molecule has 0 saturated carbocycles. The Hall–Kier alpha value is -2.07. The second-order valence-corrected chi connectivity index (χ2v) is 4.55. The van der Waals surface area contributed by atoms with Crippen LogP contribution in [-0.2, 0) is 6.54 Å². The first-order valence-corrected chi connectivity index (χ1v) is 6.16. The van der Waals surface area contributed by atoms with Crippen molar-refractivity contribution in [3.8, 4) is 11.3 Å². The number of aromatic carboxylic acids is 1. The molecule has 0 atom stereocenters. The lowest BCUT2D eigenvalue weighted by atomic mass is 10.0. The van der Waals surface area contributed by atoms with Gasteiger partial charge in [-0.3, -0.25) is 0 Å². The van der Waals surface area contributed by atoms with Crippen LogP contribution < -0.4 is 0 Å². The van der Waals surface area contributed by atoms with Crippen molar-refractivity contribution in [1.29, 1.82) is 0 Å². The monoisotopic (exact) mass is 259 g/mol. The van der Waals surface area contributed by atoms with E-state index >= 15 is 0 Å². The van der Waals surface area contributed by atoms with E-state index in [0.717, 1.165) is 22.4 Å². The summed E-state index contributed by atoms with van der Waals surface area (Å²) in [5.74, 6) is -0.941. The average molecular weight is 259 g/mol. The highest BCUT2D eigenvalue weighted by Crippen LogP contribution is 2.30. The molecular formula is C15H17NO3. The standard InChI is InChI=1S/C15H17NO3/c1-10-5-3-4-6-12(10)14-11(2)13(15(18)19)9-16(14)7-8-17/h3-6,9,17H,7-8H2,1-2H3,(H,18,19). The second-order valence-electron chi connectivity index (χ2n) is 4.55. The minimum atomic E-state index is -0.941. The molecule has 0 aliphatic carbocycles. The zero-order chi connectivity index (χ0) is 14.0. The van der Waals surface area contributed by atoms with E-state index in [0.29, 0.717) is 6.54 Å². The summed E-state index contributed by atoms with van der Waals surface area (Å²) in [6, 6.07) is 7.84. The van der Waals surface area contributed by atoms with Crippen molar-refractivity contribution in [2.24, 2.45) is 0 Å². The smallest absolute Gasteiger partial charge is 0.337 e. The molecule has 19 heavy (non-hydrogen) atoms. The van der Waals surface area contributed by atoms with Gasteiger partial charge in [0.15, 0.2) is 0 Å². The third-order valence-electron chi connectivity index (χ3n) is 3.30. The maximum absolute atomic E-state index is 11.2. The van der Waals surface area contributed by atoms with Gasteiger partial charge in [-0.15, -0.1) is 0 Å². The molecule has 0 aliphatic rings. The topological polar surface area (TPSA) is 62.5 Å². The number of hydrogen-bond acceptors (Lipinski definition) is 2. The predicted molar refractivity (Wildman–Crippen MR) is 73.4 cm³/mol. The molecule has 4 heteroatoms. The summed E-state index contributed by atoms with van der Waals surface area (Å²) < 4.78 is 1.81. The molecule has 0 bridgehead atoms. The summed E-state index contributed by atoms with van der Waals surface area (Å²) in [5.41, 5.74) is 3.97. The summed E-state index contributed by atoms with van der Waals surface area (Å²) in [6.45, 7) is 4.16. The Morgan fingerprint density at radius 3 is 2.53 bits per heavy atom. The lowest BCUT2D eigenvalue weighted by Gasteiger charge is -2.11. The van der Waals surface area contributed by atoms with Crippen LogP contribution in [0.2, 0.25) is 0 Å². The molecule has 0 amide bonds. The summed E-state index contributed by atoms with van der Waals surface area (Å²) in [6.07, 6.45) is 1.59. The van der Waals surface area contributed by atoms with Crippen LogP contribution in [0, 0.1) is 13.8 Å². The van der Waals surface area contributed by atoms with Crippen molar-refractivity contribution >= 4 is 5.97 Å². The highest BCUT2D eigenvalue weighted by molar-refractivity contribution is 5.92. The highest BCUT2D eigenvalue weighted by atomic mass is 16.4. The SMILES string of the molecule is Cc1ccccc1-c1c(C)c(C(=O)O)cn1CCO. The summed E-state index contributed by atoms with van der Waals surface area (Å²) in [5, 5.41) is 18.3. The zero-order valence-electron chi connectivity index (χ0n) is 11.1. The van der Waals surface area contributed by atoms with Crippen LogP contribution in [0.3, 0.4) is 0 Å². The quantitative estimate of drug-likeness (QED) is 0.886. The number of hydrogen-bond donors (Lipinski definition) is 2. The summed E-state index contributed by atoms with van der Waals surface area (Å²) >= 11 is 0. The van der Waals surface area contributed by atoms with Gasteiger partial charge in [0, 0.05) is 18.3 Å². The lowest BCUT2D eigenvalue weighted by molar-refractivity contribution is 0.0696. The minimum Gasteiger partial charge on any atom is -0.478 e. The number of aryl methyl sites for hydroxylation is 1. The molecule has 0 fully saturated rings. The molecule has 2 N–H and O–H groups in total. The van der Waals surface area contributed by atoms with E-state index < -0.39 is 5.97 Å². The minimum absolute atomic E-state index is 0.0218. The molecule has 0 saturated heterocycles. The molecule has 0 spiro atoms.